The maximum Gasteiger partial charge on any atom is 0.333 e. The molecule has 0 unspecified atom stereocenters. The monoisotopic (exact) mass is 208 g/mol. The molecule has 84 valence electrons. The molecule has 2 nitrogen and oxygen atoms in total. The summed E-state index contributed by atoms with van der Waals surface area (Å²) >= 11 is 0. The van der Waals surface area contributed by atoms with Crippen molar-refractivity contribution in [3.05, 3.63) is 12.2 Å². The molecule has 0 N–H and O–H groups in total. The van der Waals surface area contributed by atoms with Crippen LogP contribution >= 0.6 is 0 Å². The van der Waals surface area contributed by atoms with Crippen LogP contribution < -0.4 is 0 Å². The van der Waals surface area contributed by atoms with Gasteiger partial charge in [0, 0.05) is 11.0 Å². The predicted octanol–water partition coefficient (Wildman–Crippen LogP) is 3.08. The predicted molar refractivity (Wildman–Crippen MR) is 59.4 cm³/mol. The zero-order valence-electron chi connectivity index (χ0n) is 9.55. The Labute approximate surface area is 91.7 Å². The number of rotatable bonds is 4. The zero-order chi connectivity index (χ0) is 10.9. The second-order valence-electron chi connectivity index (χ2n) is 5.20. The van der Waals surface area contributed by atoms with Crippen LogP contribution in [0.5, 0.6) is 0 Å². The van der Waals surface area contributed by atoms with E-state index < -0.39 is 0 Å². The third-order valence-electron chi connectivity index (χ3n) is 3.95. The molecule has 0 radical (unpaired) electrons. The van der Waals surface area contributed by atoms with Gasteiger partial charge in [0.25, 0.3) is 0 Å². The van der Waals surface area contributed by atoms with Crippen molar-refractivity contribution in [2.45, 2.75) is 45.4 Å². The molecule has 0 amide bonds. The summed E-state index contributed by atoms with van der Waals surface area (Å²) in [6.45, 7) is 5.93. The van der Waals surface area contributed by atoms with Crippen molar-refractivity contribution in [3.8, 4) is 0 Å². The van der Waals surface area contributed by atoms with Gasteiger partial charge in [-0.3, -0.25) is 0 Å². The fourth-order valence-electron chi connectivity index (χ4n) is 2.70. The number of esters is 1. The Balaban J connectivity index is 1.83. The van der Waals surface area contributed by atoms with Gasteiger partial charge in [0.15, 0.2) is 0 Å². The lowest BCUT2D eigenvalue weighted by Gasteiger charge is -2.22. The van der Waals surface area contributed by atoms with Gasteiger partial charge < -0.3 is 4.74 Å². The molecule has 0 atom stereocenters. The molecule has 0 aromatic carbocycles. The van der Waals surface area contributed by atoms with E-state index in [1.54, 1.807) is 6.92 Å². The van der Waals surface area contributed by atoms with Crippen LogP contribution in [0.15, 0.2) is 12.2 Å². The van der Waals surface area contributed by atoms with Gasteiger partial charge in [-0.05, 0) is 38.5 Å². The van der Waals surface area contributed by atoms with Crippen LogP contribution in [0.25, 0.3) is 0 Å². The summed E-state index contributed by atoms with van der Waals surface area (Å²) in [5, 5.41) is 0. The first-order valence-electron chi connectivity index (χ1n) is 5.97. The minimum absolute atomic E-state index is 0.223. The summed E-state index contributed by atoms with van der Waals surface area (Å²) < 4.78 is 5.30. The van der Waals surface area contributed by atoms with Crippen molar-refractivity contribution in [1.29, 1.82) is 0 Å². The highest BCUT2D eigenvalue weighted by Gasteiger charge is 2.50. The molecule has 15 heavy (non-hydrogen) atoms. The van der Waals surface area contributed by atoms with Crippen LogP contribution in [-0.2, 0) is 9.53 Å². The molecule has 0 spiro atoms. The summed E-state index contributed by atoms with van der Waals surface area (Å²) in [6, 6.07) is 0. The molecule has 2 rings (SSSR count). The van der Waals surface area contributed by atoms with Crippen molar-refractivity contribution < 1.29 is 9.53 Å². The fraction of sp³-hybridized carbons (Fsp3) is 0.769. The molecule has 2 aliphatic carbocycles. The Morgan fingerprint density at radius 1 is 1.40 bits per heavy atom. The molecular formula is C13H20O2. The van der Waals surface area contributed by atoms with Crippen molar-refractivity contribution in [2.24, 2.45) is 11.3 Å². The maximum atomic E-state index is 11.3. The molecule has 2 saturated carbocycles. The van der Waals surface area contributed by atoms with Crippen molar-refractivity contribution in [1.82, 2.24) is 0 Å². The van der Waals surface area contributed by atoms with E-state index in [9.17, 15) is 4.79 Å². The molecule has 0 aliphatic heterocycles. The lowest BCUT2D eigenvalue weighted by atomic mass is 9.88. The smallest absolute Gasteiger partial charge is 0.333 e. The second kappa shape index (κ2) is 3.99. The second-order valence-corrected chi connectivity index (χ2v) is 5.20. The Hall–Kier alpha value is -0.790. The first-order chi connectivity index (χ1) is 7.14. The van der Waals surface area contributed by atoms with Crippen molar-refractivity contribution >= 4 is 5.97 Å². The minimum Gasteiger partial charge on any atom is -0.462 e. The summed E-state index contributed by atoms with van der Waals surface area (Å²) in [7, 11) is 0. The van der Waals surface area contributed by atoms with E-state index in [1.165, 1.54) is 38.5 Å². The van der Waals surface area contributed by atoms with Gasteiger partial charge in [0.2, 0.25) is 0 Å². The lowest BCUT2D eigenvalue weighted by Crippen LogP contribution is -2.22. The molecule has 2 aliphatic rings. The Morgan fingerprint density at radius 3 is 2.47 bits per heavy atom. The van der Waals surface area contributed by atoms with E-state index in [0.717, 1.165) is 5.92 Å². The first kappa shape index (κ1) is 10.7. The molecule has 0 heterocycles. The van der Waals surface area contributed by atoms with Gasteiger partial charge in [-0.2, -0.15) is 0 Å². The Morgan fingerprint density at radius 2 is 2.00 bits per heavy atom. The van der Waals surface area contributed by atoms with Crippen molar-refractivity contribution in [3.63, 3.8) is 0 Å². The molecular weight excluding hydrogens is 188 g/mol. The van der Waals surface area contributed by atoms with Crippen LogP contribution in [0, 0.1) is 11.3 Å². The van der Waals surface area contributed by atoms with Crippen LogP contribution in [0.2, 0.25) is 0 Å². The highest BCUT2D eigenvalue weighted by Crippen LogP contribution is 2.57. The summed E-state index contributed by atoms with van der Waals surface area (Å²) in [4.78, 5) is 11.3. The van der Waals surface area contributed by atoms with Crippen LogP contribution in [0.3, 0.4) is 0 Å². The van der Waals surface area contributed by atoms with Gasteiger partial charge >= 0.3 is 5.97 Å². The van der Waals surface area contributed by atoms with E-state index in [1.807, 2.05) is 0 Å². The molecule has 2 heteroatoms. The lowest BCUT2D eigenvalue weighted by molar-refractivity contribution is -0.141. The first-order valence-corrected chi connectivity index (χ1v) is 5.97. The largest absolute Gasteiger partial charge is 0.462 e. The third-order valence-corrected chi connectivity index (χ3v) is 3.95. The average molecular weight is 208 g/mol. The molecule has 0 aromatic rings. The Kier molecular flexibility index (Phi) is 2.85. The van der Waals surface area contributed by atoms with Gasteiger partial charge in [-0.25, -0.2) is 4.79 Å². The molecule has 0 bridgehead atoms. The fourth-order valence-corrected chi connectivity index (χ4v) is 2.70. The number of carbonyl (C=O) groups is 1. The van der Waals surface area contributed by atoms with E-state index in [4.69, 9.17) is 4.74 Å². The SMILES string of the molecule is C=C(C)C(=O)OCC1(C2CCCC2)CC1. The highest BCUT2D eigenvalue weighted by atomic mass is 16.5. The zero-order valence-corrected chi connectivity index (χ0v) is 9.55. The minimum atomic E-state index is -0.223. The topological polar surface area (TPSA) is 26.3 Å². The van der Waals surface area contributed by atoms with Crippen LogP contribution in [-0.4, -0.2) is 12.6 Å². The number of hydrogen-bond acceptors (Lipinski definition) is 2. The molecule has 0 aromatic heterocycles. The van der Waals surface area contributed by atoms with E-state index >= 15 is 0 Å². The van der Waals surface area contributed by atoms with E-state index in [0.29, 0.717) is 17.6 Å². The maximum absolute atomic E-state index is 11.3. The van der Waals surface area contributed by atoms with E-state index in [-0.39, 0.29) is 5.97 Å². The normalized spacial score (nSPS) is 23.8. The summed E-state index contributed by atoms with van der Waals surface area (Å²) in [5.41, 5.74) is 0.874. The van der Waals surface area contributed by atoms with Gasteiger partial charge in [0.05, 0.1) is 6.61 Å². The molecule has 0 saturated heterocycles. The van der Waals surface area contributed by atoms with E-state index in [2.05, 4.69) is 6.58 Å². The summed E-state index contributed by atoms with van der Waals surface area (Å²) in [6.07, 6.45) is 7.90. The van der Waals surface area contributed by atoms with Gasteiger partial charge in [-0.1, -0.05) is 19.4 Å². The van der Waals surface area contributed by atoms with Gasteiger partial charge in [-0.15, -0.1) is 0 Å². The van der Waals surface area contributed by atoms with Crippen molar-refractivity contribution in [2.75, 3.05) is 6.61 Å². The van der Waals surface area contributed by atoms with Crippen LogP contribution in [0.4, 0.5) is 0 Å². The standard InChI is InChI=1S/C13H20O2/c1-10(2)12(14)15-9-13(7-8-13)11-5-3-4-6-11/h11H,1,3-9H2,2H3. The third kappa shape index (κ3) is 2.24. The Bertz CT molecular complexity index is 270. The highest BCUT2D eigenvalue weighted by molar-refractivity contribution is 5.86. The van der Waals surface area contributed by atoms with Gasteiger partial charge in [0.1, 0.15) is 0 Å². The number of ether oxygens (including phenoxy) is 1. The number of hydrogen-bond donors (Lipinski definition) is 0. The van der Waals surface area contributed by atoms with Crippen LogP contribution in [0.1, 0.15) is 45.4 Å². The summed E-state index contributed by atoms with van der Waals surface area (Å²) in [5.74, 6) is 0.592. The average Bonchev–Trinajstić information content (AvgIpc) is 2.78. The quantitative estimate of drug-likeness (QED) is 0.524. The molecule has 2 fully saturated rings. The number of carbonyl (C=O) groups excluding carboxylic acids is 1.